The van der Waals surface area contributed by atoms with Gasteiger partial charge in [0.15, 0.2) is 0 Å². The number of carbonyl (C=O) groups is 1. The van der Waals surface area contributed by atoms with Crippen molar-refractivity contribution in [3.05, 3.63) is 26.8 Å². The lowest BCUT2D eigenvalue weighted by Crippen LogP contribution is -2.15. The molecule has 0 spiro atoms. The molecule has 0 aliphatic carbocycles. The number of amides is 1. The third-order valence-electron chi connectivity index (χ3n) is 2.41. The first kappa shape index (κ1) is 14.0. The molecular formula is C12H15BrINO. The lowest BCUT2D eigenvalue weighted by molar-refractivity contribution is -0.113. The maximum atomic E-state index is 11.4. The van der Waals surface area contributed by atoms with Gasteiger partial charge in [0.05, 0.1) is 5.33 Å². The third kappa shape index (κ3) is 3.45. The molecule has 0 aromatic heterocycles. The molecule has 0 saturated carbocycles. The van der Waals surface area contributed by atoms with Crippen molar-refractivity contribution in [2.24, 2.45) is 0 Å². The number of rotatable bonds is 4. The molecule has 0 aliphatic heterocycles. The van der Waals surface area contributed by atoms with Crippen molar-refractivity contribution >= 4 is 50.1 Å². The van der Waals surface area contributed by atoms with E-state index in [4.69, 9.17) is 0 Å². The van der Waals surface area contributed by atoms with Crippen LogP contribution in [0.4, 0.5) is 5.69 Å². The molecule has 1 aromatic rings. The van der Waals surface area contributed by atoms with Gasteiger partial charge in [-0.15, -0.1) is 0 Å². The largest absolute Gasteiger partial charge is 0.325 e. The molecule has 0 bridgehead atoms. The average molecular weight is 398 g/mol. The molecule has 0 aliphatic rings. The number of nitrogens with one attached hydrogen (secondary N) is 1. The quantitative estimate of drug-likeness (QED) is 0.608. The fourth-order valence-electron chi connectivity index (χ4n) is 1.62. The van der Waals surface area contributed by atoms with Crippen LogP contribution in [0.5, 0.6) is 0 Å². The number of carbonyl (C=O) groups excluding carboxylic acids is 1. The second-order valence-corrected chi connectivity index (χ2v) is 5.29. The summed E-state index contributed by atoms with van der Waals surface area (Å²) in [5, 5.41) is 3.31. The molecule has 88 valence electrons. The van der Waals surface area contributed by atoms with Gasteiger partial charge in [-0.25, -0.2) is 0 Å². The Kier molecular flexibility index (Phi) is 5.75. The van der Waals surface area contributed by atoms with Gasteiger partial charge >= 0.3 is 0 Å². The third-order valence-corrected chi connectivity index (χ3v) is 3.55. The van der Waals surface area contributed by atoms with Gasteiger partial charge in [0, 0.05) is 9.26 Å². The Morgan fingerprint density at radius 3 is 2.19 bits per heavy atom. The molecule has 4 heteroatoms. The van der Waals surface area contributed by atoms with E-state index in [0.29, 0.717) is 5.33 Å². The van der Waals surface area contributed by atoms with Crippen LogP contribution in [0.15, 0.2) is 12.1 Å². The van der Waals surface area contributed by atoms with Gasteiger partial charge in [-0.3, -0.25) is 4.79 Å². The zero-order chi connectivity index (χ0) is 12.1. The summed E-state index contributed by atoms with van der Waals surface area (Å²) in [4.78, 5) is 11.4. The molecular weight excluding hydrogens is 383 g/mol. The van der Waals surface area contributed by atoms with E-state index in [1.165, 1.54) is 14.7 Å². The average Bonchev–Trinajstić information content (AvgIpc) is 2.30. The summed E-state index contributed by atoms with van der Waals surface area (Å²) in [6.07, 6.45) is 1.86. The number of halogens is 2. The number of anilines is 1. The topological polar surface area (TPSA) is 29.1 Å². The summed E-state index contributed by atoms with van der Waals surface area (Å²) in [7, 11) is 0. The lowest BCUT2D eigenvalue weighted by atomic mass is 10.0. The SMILES string of the molecule is CCc1cc(I)cc(CC)c1N[14C](=O)CBr. The minimum absolute atomic E-state index is 0.00519. The summed E-state index contributed by atoms with van der Waals surface area (Å²) in [5.74, 6) is 0.00519. The smallest absolute Gasteiger partial charge is 0.235 e. The molecule has 0 heterocycles. The van der Waals surface area contributed by atoms with E-state index in [0.717, 1.165) is 18.5 Å². The maximum Gasteiger partial charge on any atom is 0.235 e. The van der Waals surface area contributed by atoms with Crippen LogP contribution in [-0.2, 0) is 17.6 Å². The Balaban J connectivity index is 3.16. The number of hydrogen-bond donors (Lipinski definition) is 1. The number of benzene rings is 1. The molecule has 0 radical (unpaired) electrons. The van der Waals surface area contributed by atoms with Crippen LogP contribution >= 0.6 is 38.5 Å². The van der Waals surface area contributed by atoms with Crippen molar-refractivity contribution in [2.45, 2.75) is 26.7 Å². The molecule has 0 atom stereocenters. The molecule has 0 fully saturated rings. The van der Waals surface area contributed by atoms with Crippen molar-refractivity contribution in [1.29, 1.82) is 0 Å². The van der Waals surface area contributed by atoms with Crippen molar-refractivity contribution < 1.29 is 4.79 Å². The lowest BCUT2D eigenvalue weighted by Gasteiger charge is -2.14. The van der Waals surface area contributed by atoms with Gasteiger partial charge in [0.2, 0.25) is 5.91 Å². The molecule has 0 unspecified atom stereocenters. The van der Waals surface area contributed by atoms with E-state index in [-0.39, 0.29) is 5.91 Å². The van der Waals surface area contributed by atoms with Crippen molar-refractivity contribution in [1.82, 2.24) is 0 Å². The van der Waals surface area contributed by atoms with Crippen LogP contribution in [-0.4, -0.2) is 11.2 Å². The monoisotopic (exact) mass is 397 g/mol. The van der Waals surface area contributed by atoms with E-state index < -0.39 is 0 Å². The summed E-state index contributed by atoms with van der Waals surface area (Å²) < 4.78 is 1.23. The van der Waals surface area contributed by atoms with E-state index >= 15 is 0 Å². The standard InChI is InChI=1S/C12H15BrINO/c1-3-8-5-10(14)6-9(4-2)12(8)15-11(16)7-13/h5-6H,3-4,7H2,1-2H3,(H,15,16)/i11+2. The fourth-order valence-corrected chi connectivity index (χ4v) is 2.51. The molecule has 0 saturated heterocycles. The number of hydrogen-bond acceptors (Lipinski definition) is 1. The van der Waals surface area contributed by atoms with Crippen LogP contribution in [0.25, 0.3) is 0 Å². The Bertz CT molecular complexity index is 368. The highest BCUT2D eigenvalue weighted by atomic mass is 127. The minimum Gasteiger partial charge on any atom is -0.325 e. The second-order valence-electron chi connectivity index (χ2n) is 3.49. The van der Waals surface area contributed by atoms with Gasteiger partial charge in [0.1, 0.15) is 0 Å². The van der Waals surface area contributed by atoms with Gasteiger partial charge in [-0.05, 0) is 58.7 Å². The van der Waals surface area contributed by atoms with Gasteiger partial charge in [0.25, 0.3) is 0 Å². The molecule has 2 nitrogen and oxygen atoms in total. The number of alkyl halides is 1. The predicted molar refractivity (Wildman–Crippen MR) is 80.3 cm³/mol. The van der Waals surface area contributed by atoms with Crippen molar-refractivity contribution in [3.63, 3.8) is 0 Å². The van der Waals surface area contributed by atoms with Crippen molar-refractivity contribution in [2.75, 3.05) is 10.6 Å². The van der Waals surface area contributed by atoms with Crippen molar-refractivity contribution in [3.8, 4) is 0 Å². The predicted octanol–water partition coefficient (Wildman–Crippen LogP) is 3.75. The minimum atomic E-state index is 0.00519. The molecule has 1 rings (SSSR count). The first-order valence-corrected chi connectivity index (χ1v) is 7.49. The Morgan fingerprint density at radius 2 is 1.81 bits per heavy atom. The van der Waals surface area contributed by atoms with Gasteiger partial charge in [-0.1, -0.05) is 29.8 Å². The van der Waals surface area contributed by atoms with Crippen LogP contribution in [0.1, 0.15) is 25.0 Å². The van der Waals surface area contributed by atoms with E-state index in [9.17, 15) is 4.79 Å². The normalized spacial score (nSPS) is 10.2. The Hall–Kier alpha value is -0.100. The van der Waals surface area contributed by atoms with Crippen LogP contribution in [0.3, 0.4) is 0 Å². The summed E-state index contributed by atoms with van der Waals surface area (Å²) in [5.41, 5.74) is 3.41. The summed E-state index contributed by atoms with van der Waals surface area (Å²) in [6.45, 7) is 4.21. The fraction of sp³-hybridized carbons (Fsp3) is 0.417. The molecule has 1 N–H and O–H groups in total. The maximum absolute atomic E-state index is 11.4. The first-order chi connectivity index (χ1) is 7.62. The first-order valence-electron chi connectivity index (χ1n) is 5.29. The highest BCUT2D eigenvalue weighted by molar-refractivity contribution is 14.1. The zero-order valence-corrected chi connectivity index (χ0v) is 13.2. The molecule has 16 heavy (non-hydrogen) atoms. The molecule has 1 aromatic carbocycles. The van der Waals surface area contributed by atoms with E-state index in [1.807, 2.05) is 0 Å². The number of aryl methyl sites for hydroxylation is 2. The zero-order valence-electron chi connectivity index (χ0n) is 9.44. The van der Waals surface area contributed by atoms with Crippen LogP contribution in [0, 0.1) is 3.57 Å². The molecule has 1 amide bonds. The Morgan fingerprint density at radius 1 is 1.31 bits per heavy atom. The van der Waals surface area contributed by atoms with Crippen LogP contribution in [0.2, 0.25) is 0 Å². The van der Waals surface area contributed by atoms with Gasteiger partial charge in [-0.2, -0.15) is 0 Å². The highest BCUT2D eigenvalue weighted by Gasteiger charge is 2.10. The Labute approximate surface area is 118 Å². The van der Waals surface area contributed by atoms with E-state index in [1.54, 1.807) is 0 Å². The highest BCUT2D eigenvalue weighted by Crippen LogP contribution is 2.25. The van der Waals surface area contributed by atoms with Crippen LogP contribution < -0.4 is 5.32 Å². The second kappa shape index (κ2) is 6.59. The summed E-state index contributed by atoms with van der Waals surface area (Å²) >= 11 is 5.48. The summed E-state index contributed by atoms with van der Waals surface area (Å²) in [6, 6.07) is 4.26. The van der Waals surface area contributed by atoms with Gasteiger partial charge < -0.3 is 5.32 Å². The van der Waals surface area contributed by atoms with E-state index in [2.05, 4.69) is 69.8 Å².